The molecule has 0 rings (SSSR count). The predicted molar refractivity (Wildman–Crippen MR) is 76.0 cm³/mol. The smallest absolute Gasteiger partial charge is 0.0540 e. The molecule has 2 nitrogen and oxygen atoms in total. The zero-order valence-electron chi connectivity index (χ0n) is 11.9. The van der Waals surface area contributed by atoms with Gasteiger partial charge in [0.15, 0.2) is 0 Å². The number of hydrogen-bond donors (Lipinski definition) is 1. The molecule has 0 amide bonds. The van der Waals surface area contributed by atoms with Crippen LogP contribution in [-0.2, 0) is 0 Å². The summed E-state index contributed by atoms with van der Waals surface area (Å²) in [6.07, 6.45) is 16.0. The molecular weight excluding hydrogens is 210 g/mol. The zero-order valence-corrected chi connectivity index (χ0v) is 11.9. The summed E-state index contributed by atoms with van der Waals surface area (Å²) in [5.41, 5.74) is 0.862. The molecule has 0 fully saturated rings. The van der Waals surface area contributed by atoms with Crippen LogP contribution < -0.4 is 0 Å². The Hall–Kier alpha value is -0.530. The first kappa shape index (κ1) is 16.5. The van der Waals surface area contributed by atoms with Gasteiger partial charge in [0.05, 0.1) is 5.71 Å². The SMILES string of the molecule is CCCCCCCCCCCCCC(C)=NO. The summed E-state index contributed by atoms with van der Waals surface area (Å²) in [5, 5.41) is 11.7. The Labute approximate surface area is 107 Å². The molecule has 0 aromatic rings. The second kappa shape index (κ2) is 13.5. The maximum absolute atomic E-state index is 8.48. The van der Waals surface area contributed by atoms with Crippen molar-refractivity contribution in [1.82, 2.24) is 0 Å². The van der Waals surface area contributed by atoms with Crippen LogP contribution in [0.5, 0.6) is 0 Å². The first-order valence-corrected chi connectivity index (χ1v) is 7.48. The average Bonchev–Trinajstić information content (AvgIpc) is 2.35. The second-order valence-electron chi connectivity index (χ2n) is 5.12. The number of nitrogens with zero attached hydrogens (tertiary/aromatic N) is 1. The van der Waals surface area contributed by atoms with Crippen LogP contribution in [0.15, 0.2) is 5.16 Å². The highest BCUT2D eigenvalue weighted by Crippen LogP contribution is 2.11. The minimum atomic E-state index is 0.862. The molecule has 0 aromatic heterocycles. The molecule has 0 aliphatic heterocycles. The number of unbranched alkanes of at least 4 members (excludes halogenated alkanes) is 10. The Morgan fingerprint density at radius 1 is 0.765 bits per heavy atom. The Bertz CT molecular complexity index is 178. The molecule has 0 saturated heterocycles. The van der Waals surface area contributed by atoms with Gasteiger partial charge in [-0.25, -0.2) is 0 Å². The third kappa shape index (κ3) is 13.4. The van der Waals surface area contributed by atoms with Crippen LogP contribution in [0.2, 0.25) is 0 Å². The summed E-state index contributed by atoms with van der Waals surface area (Å²) in [7, 11) is 0. The van der Waals surface area contributed by atoms with Gasteiger partial charge in [0.25, 0.3) is 0 Å². The molecule has 0 aliphatic carbocycles. The molecule has 0 saturated carbocycles. The maximum Gasteiger partial charge on any atom is 0.0540 e. The van der Waals surface area contributed by atoms with Crippen LogP contribution in [0.1, 0.15) is 90.9 Å². The van der Waals surface area contributed by atoms with E-state index in [9.17, 15) is 0 Å². The van der Waals surface area contributed by atoms with Gasteiger partial charge < -0.3 is 5.21 Å². The molecular formula is C15H31NO. The van der Waals surface area contributed by atoms with E-state index >= 15 is 0 Å². The quantitative estimate of drug-likeness (QED) is 0.207. The molecule has 2 heteroatoms. The number of hydrogen-bond acceptors (Lipinski definition) is 2. The van der Waals surface area contributed by atoms with Gasteiger partial charge in [0, 0.05) is 0 Å². The van der Waals surface area contributed by atoms with E-state index in [1.54, 1.807) is 0 Å². The second-order valence-corrected chi connectivity index (χ2v) is 5.12. The molecule has 1 N–H and O–H groups in total. The summed E-state index contributed by atoms with van der Waals surface area (Å²) in [6, 6.07) is 0. The molecule has 0 unspecified atom stereocenters. The van der Waals surface area contributed by atoms with Gasteiger partial charge in [0.1, 0.15) is 0 Å². The minimum absolute atomic E-state index is 0.862. The zero-order chi connectivity index (χ0) is 12.8. The first-order valence-electron chi connectivity index (χ1n) is 7.48. The van der Waals surface area contributed by atoms with Gasteiger partial charge in [-0.2, -0.15) is 0 Å². The summed E-state index contributed by atoms with van der Waals surface area (Å²) >= 11 is 0. The summed E-state index contributed by atoms with van der Waals surface area (Å²) in [6.45, 7) is 4.15. The third-order valence-electron chi connectivity index (χ3n) is 3.31. The summed E-state index contributed by atoms with van der Waals surface area (Å²) in [4.78, 5) is 0. The van der Waals surface area contributed by atoms with Gasteiger partial charge in [-0.3, -0.25) is 0 Å². The van der Waals surface area contributed by atoms with Crippen molar-refractivity contribution in [2.24, 2.45) is 5.16 Å². The lowest BCUT2D eigenvalue weighted by Gasteiger charge is -2.02. The van der Waals surface area contributed by atoms with E-state index in [0.29, 0.717) is 0 Å². The van der Waals surface area contributed by atoms with Crippen molar-refractivity contribution in [3.8, 4) is 0 Å². The Kier molecular flexibility index (Phi) is 13.1. The Morgan fingerprint density at radius 3 is 1.59 bits per heavy atom. The third-order valence-corrected chi connectivity index (χ3v) is 3.31. The Balaban J connectivity index is 2.99. The lowest BCUT2D eigenvalue weighted by Crippen LogP contribution is -1.90. The van der Waals surface area contributed by atoms with Crippen LogP contribution in [0.4, 0.5) is 0 Å². The minimum Gasteiger partial charge on any atom is -0.411 e. The monoisotopic (exact) mass is 241 g/mol. The number of rotatable bonds is 12. The highest BCUT2D eigenvalue weighted by molar-refractivity contribution is 5.81. The van der Waals surface area contributed by atoms with E-state index in [-0.39, 0.29) is 0 Å². The van der Waals surface area contributed by atoms with E-state index < -0.39 is 0 Å². The molecule has 0 heterocycles. The lowest BCUT2D eigenvalue weighted by atomic mass is 10.0. The summed E-state index contributed by atoms with van der Waals surface area (Å²) in [5.74, 6) is 0. The topological polar surface area (TPSA) is 32.6 Å². The van der Waals surface area contributed by atoms with Crippen LogP contribution in [0.25, 0.3) is 0 Å². The molecule has 0 aromatic carbocycles. The van der Waals surface area contributed by atoms with Crippen molar-refractivity contribution in [3.05, 3.63) is 0 Å². The van der Waals surface area contributed by atoms with Crippen LogP contribution >= 0.6 is 0 Å². The highest BCUT2D eigenvalue weighted by atomic mass is 16.4. The van der Waals surface area contributed by atoms with Crippen LogP contribution in [0, 0.1) is 0 Å². The van der Waals surface area contributed by atoms with E-state index in [1.807, 2.05) is 6.92 Å². The van der Waals surface area contributed by atoms with Gasteiger partial charge in [-0.05, 0) is 19.8 Å². The van der Waals surface area contributed by atoms with Crippen LogP contribution in [0.3, 0.4) is 0 Å². The van der Waals surface area contributed by atoms with Gasteiger partial charge >= 0.3 is 0 Å². The lowest BCUT2D eigenvalue weighted by molar-refractivity contribution is 0.317. The summed E-state index contributed by atoms with van der Waals surface area (Å²) < 4.78 is 0. The Morgan fingerprint density at radius 2 is 1.18 bits per heavy atom. The standard InChI is InChI=1S/C15H31NO/c1-3-4-5-6-7-8-9-10-11-12-13-14-15(2)16-17/h17H,3-14H2,1-2H3. The molecule has 17 heavy (non-hydrogen) atoms. The molecule has 0 atom stereocenters. The molecule has 0 bridgehead atoms. The van der Waals surface area contributed by atoms with Crippen molar-refractivity contribution in [2.45, 2.75) is 90.9 Å². The molecule has 0 aliphatic rings. The largest absolute Gasteiger partial charge is 0.411 e. The van der Waals surface area contributed by atoms with Crippen molar-refractivity contribution >= 4 is 5.71 Å². The number of oxime groups is 1. The average molecular weight is 241 g/mol. The van der Waals surface area contributed by atoms with Crippen molar-refractivity contribution < 1.29 is 5.21 Å². The normalized spacial score (nSPS) is 12.0. The molecule has 102 valence electrons. The van der Waals surface area contributed by atoms with E-state index in [4.69, 9.17) is 5.21 Å². The highest BCUT2D eigenvalue weighted by Gasteiger charge is 1.94. The predicted octanol–water partition coefficient (Wildman–Crippen LogP) is 5.54. The van der Waals surface area contributed by atoms with E-state index in [0.717, 1.165) is 12.1 Å². The fourth-order valence-electron chi connectivity index (χ4n) is 2.10. The maximum atomic E-state index is 8.48. The van der Waals surface area contributed by atoms with Gasteiger partial charge in [-0.15, -0.1) is 0 Å². The van der Waals surface area contributed by atoms with Crippen molar-refractivity contribution in [1.29, 1.82) is 0 Å². The van der Waals surface area contributed by atoms with Crippen molar-refractivity contribution in [3.63, 3.8) is 0 Å². The van der Waals surface area contributed by atoms with Crippen LogP contribution in [-0.4, -0.2) is 10.9 Å². The van der Waals surface area contributed by atoms with Crippen molar-refractivity contribution in [2.75, 3.05) is 0 Å². The van der Waals surface area contributed by atoms with Gasteiger partial charge in [-0.1, -0.05) is 76.3 Å². The van der Waals surface area contributed by atoms with E-state index in [1.165, 1.54) is 70.6 Å². The molecule has 0 radical (unpaired) electrons. The van der Waals surface area contributed by atoms with E-state index in [2.05, 4.69) is 12.1 Å². The van der Waals surface area contributed by atoms with Gasteiger partial charge in [0.2, 0.25) is 0 Å². The molecule has 0 spiro atoms. The first-order chi connectivity index (χ1) is 8.31. The fourth-order valence-corrected chi connectivity index (χ4v) is 2.10. The fraction of sp³-hybridized carbons (Fsp3) is 0.933.